The Labute approximate surface area is 131 Å². The van der Waals surface area contributed by atoms with Crippen LogP contribution in [0.2, 0.25) is 0 Å². The van der Waals surface area contributed by atoms with Crippen LogP contribution in [0.4, 0.5) is 5.69 Å². The van der Waals surface area contributed by atoms with Crippen LogP contribution in [0.1, 0.15) is 30.4 Å². The molecule has 0 heterocycles. The number of nitrogens with one attached hydrogen (secondary N) is 2. The fourth-order valence-corrected chi connectivity index (χ4v) is 2.34. The Balaban J connectivity index is 1.93. The Morgan fingerprint density at radius 1 is 1.18 bits per heavy atom. The first-order valence-electron chi connectivity index (χ1n) is 7.65. The van der Waals surface area contributed by atoms with Crippen LogP contribution in [0.15, 0.2) is 18.2 Å². The maximum Gasteiger partial charge on any atom is 0.240 e. The molecule has 5 nitrogen and oxygen atoms in total. The molecule has 0 bridgehead atoms. The lowest BCUT2D eigenvalue weighted by Gasteiger charge is -2.16. The molecular formula is C17H24N2O3. The second-order valence-electron chi connectivity index (χ2n) is 5.94. The first kappa shape index (κ1) is 16.5. The average Bonchev–Trinajstić information content (AvgIpc) is 3.29. The van der Waals surface area contributed by atoms with Crippen LogP contribution >= 0.6 is 0 Å². The maximum atomic E-state index is 12.4. The van der Waals surface area contributed by atoms with Crippen molar-refractivity contribution in [3.05, 3.63) is 29.3 Å². The number of anilines is 1. The number of aryl methyl sites for hydroxylation is 2. The molecular weight excluding hydrogens is 280 g/mol. The van der Waals surface area contributed by atoms with Crippen LogP contribution in [0.5, 0.6) is 0 Å². The van der Waals surface area contributed by atoms with Gasteiger partial charge in [-0.25, -0.2) is 0 Å². The van der Waals surface area contributed by atoms with Crippen LogP contribution in [0.3, 0.4) is 0 Å². The molecule has 0 radical (unpaired) electrons. The predicted molar refractivity (Wildman–Crippen MR) is 85.7 cm³/mol. The number of carbonyl (C=O) groups is 2. The van der Waals surface area contributed by atoms with Crippen LogP contribution in [-0.4, -0.2) is 32.1 Å². The van der Waals surface area contributed by atoms with Gasteiger partial charge in [-0.05, 0) is 56.4 Å². The van der Waals surface area contributed by atoms with Gasteiger partial charge in [0.15, 0.2) is 0 Å². The van der Waals surface area contributed by atoms with Crippen molar-refractivity contribution in [1.82, 2.24) is 5.32 Å². The molecule has 0 atom stereocenters. The van der Waals surface area contributed by atoms with Gasteiger partial charge in [0.2, 0.25) is 11.8 Å². The molecule has 1 saturated carbocycles. The second kappa shape index (κ2) is 6.92. The van der Waals surface area contributed by atoms with Crippen LogP contribution in [0, 0.1) is 19.3 Å². The van der Waals surface area contributed by atoms with Crippen molar-refractivity contribution in [3.63, 3.8) is 0 Å². The number of hydrogen-bond acceptors (Lipinski definition) is 3. The van der Waals surface area contributed by atoms with Crippen LogP contribution < -0.4 is 10.6 Å². The Bertz CT molecular complexity index is 565. The zero-order chi connectivity index (χ0) is 16.2. The molecule has 2 amide bonds. The largest absolute Gasteiger partial charge is 0.385 e. The van der Waals surface area contributed by atoms with E-state index in [9.17, 15) is 9.59 Å². The lowest BCUT2D eigenvalue weighted by Crippen LogP contribution is -2.40. The molecule has 22 heavy (non-hydrogen) atoms. The maximum absolute atomic E-state index is 12.4. The van der Waals surface area contributed by atoms with Gasteiger partial charge in [-0.1, -0.05) is 6.07 Å². The SMILES string of the molecule is COCCCNC(=O)C1(C(=O)Nc2ccc(C)c(C)c2)CC1. The molecule has 5 heteroatoms. The Hall–Kier alpha value is -1.88. The van der Waals surface area contributed by atoms with E-state index in [1.807, 2.05) is 32.0 Å². The van der Waals surface area contributed by atoms with Crippen molar-refractivity contribution in [1.29, 1.82) is 0 Å². The summed E-state index contributed by atoms with van der Waals surface area (Å²) in [5, 5.41) is 5.70. The normalized spacial score (nSPS) is 15.2. The quantitative estimate of drug-likeness (QED) is 0.599. The molecule has 1 aliphatic carbocycles. The van der Waals surface area contributed by atoms with Gasteiger partial charge in [-0.2, -0.15) is 0 Å². The van der Waals surface area contributed by atoms with Gasteiger partial charge >= 0.3 is 0 Å². The number of amides is 2. The zero-order valence-corrected chi connectivity index (χ0v) is 13.5. The minimum atomic E-state index is -0.883. The summed E-state index contributed by atoms with van der Waals surface area (Å²) in [5.74, 6) is -0.384. The highest BCUT2D eigenvalue weighted by Gasteiger charge is 2.56. The van der Waals surface area contributed by atoms with Crippen LogP contribution in [-0.2, 0) is 14.3 Å². The molecule has 0 aliphatic heterocycles. The van der Waals surface area contributed by atoms with Gasteiger partial charge in [-0.15, -0.1) is 0 Å². The van der Waals surface area contributed by atoms with Crippen molar-refractivity contribution in [2.75, 3.05) is 25.6 Å². The number of benzene rings is 1. The van der Waals surface area contributed by atoms with Crippen molar-refractivity contribution in [3.8, 4) is 0 Å². The van der Waals surface area contributed by atoms with E-state index in [4.69, 9.17) is 4.74 Å². The molecule has 0 unspecified atom stereocenters. The first-order chi connectivity index (χ1) is 10.5. The third-order valence-corrected chi connectivity index (χ3v) is 4.19. The van der Waals surface area contributed by atoms with Crippen molar-refractivity contribution in [2.24, 2.45) is 5.41 Å². The van der Waals surface area contributed by atoms with E-state index in [1.54, 1.807) is 7.11 Å². The van der Waals surface area contributed by atoms with Crippen LogP contribution in [0.25, 0.3) is 0 Å². The van der Waals surface area contributed by atoms with Gasteiger partial charge in [-0.3, -0.25) is 9.59 Å². The van der Waals surface area contributed by atoms with E-state index >= 15 is 0 Å². The molecule has 0 aromatic heterocycles. The van der Waals surface area contributed by atoms with E-state index in [1.165, 1.54) is 5.56 Å². The number of methoxy groups -OCH3 is 1. The summed E-state index contributed by atoms with van der Waals surface area (Å²) >= 11 is 0. The van der Waals surface area contributed by atoms with Gasteiger partial charge in [0, 0.05) is 25.9 Å². The minimum absolute atomic E-state index is 0.176. The van der Waals surface area contributed by atoms with Gasteiger partial charge in [0.05, 0.1) is 0 Å². The lowest BCUT2D eigenvalue weighted by atomic mass is 10.0. The topological polar surface area (TPSA) is 67.4 Å². The van der Waals surface area contributed by atoms with E-state index in [0.29, 0.717) is 26.0 Å². The Morgan fingerprint density at radius 2 is 1.91 bits per heavy atom. The zero-order valence-electron chi connectivity index (χ0n) is 13.5. The highest BCUT2D eigenvalue weighted by Crippen LogP contribution is 2.46. The fraction of sp³-hybridized carbons (Fsp3) is 0.529. The summed E-state index contributed by atoms with van der Waals surface area (Å²) in [5.41, 5.74) is 2.15. The lowest BCUT2D eigenvalue weighted by molar-refractivity contribution is -0.134. The summed E-state index contributed by atoms with van der Waals surface area (Å²) in [6, 6.07) is 5.77. The van der Waals surface area contributed by atoms with E-state index in [0.717, 1.165) is 17.7 Å². The molecule has 120 valence electrons. The Morgan fingerprint density at radius 3 is 2.50 bits per heavy atom. The predicted octanol–water partition coefficient (Wildman–Crippen LogP) is 2.17. The fourth-order valence-electron chi connectivity index (χ4n) is 2.34. The second-order valence-corrected chi connectivity index (χ2v) is 5.94. The molecule has 1 fully saturated rings. The summed E-state index contributed by atoms with van der Waals surface area (Å²) in [6.45, 7) is 5.16. The molecule has 0 spiro atoms. The first-order valence-corrected chi connectivity index (χ1v) is 7.65. The Kier molecular flexibility index (Phi) is 5.19. The number of ether oxygens (including phenoxy) is 1. The van der Waals surface area contributed by atoms with Crippen molar-refractivity contribution < 1.29 is 14.3 Å². The van der Waals surface area contributed by atoms with E-state index in [-0.39, 0.29) is 11.8 Å². The minimum Gasteiger partial charge on any atom is -0.385 e. The molecule has 1 aromatic carbocycles. The smallest absolute Gasteiger partial charge is 0.240 e. The molecule has 2 rings (SSSR count). The molecule has 2 N–H and O–H groups in total. The standard InChI is InChI=1S/C17H24N2O3/c1-12-5-6-14(11-13(12)2)19-16(21)17(7-8-17)15(20)18-9-4-10-22-3/h5-6,11H,4,7-10H2,1-3H3,(H,18,20)(H,19,21). The monoisotopic (exact) mass is 304 g/mol. The number of rotatable bonds is 7. The van der Waals surface area contributed by atoms with Crippen molar-refractivity contribution >= 4 is 17.5 Å². The third-order valence-electron chi connectivity index (χ3n) is 4.19. The number of carbonyl (C=O) groups excluding carboxylic acids is 2. The van der Waals surface area contributed by atoms with Crippen molar-refractivity contribution in [2.45, 2.75) is 33.1 Å². The van der Waals surface area contributed by atoms with Gasteiger partial charge < -0.3 is 15.4 Å². The third kappa shape index (κ3) is 3.65. The summed E-state index contributed by atoms with van der Waals surface area (Å²) in [7, 11) is 1.63. The summed E-state index contributed by atoms with van der Waals surface area (Å²) < 4.78 is 4.94. The van der Waals surface area contributed by atoms with Gasteiger partial charge in [0.25, 0.3) is 0 Å². The highest BCUT2D eigenvalue weighted by atomic mass is 16.5. The average molecular weight is 304 g/mol. The van der Waals surface area contributed by atoms with Gasteiger partial charge in [0.1, 0.15) is 5.41 Å². The molecule has 1 aromatic rings. The molecule has 1 aliphatic rings. The molecule has 0 saturated heterocycles. The van der Waals surface area contributed by atoms with E-state index in [2.05, 4.69) is 10.6 Å². The summed E-state index contributed by atoms with van der Waals surface area (Å²) in [4.78, 5) is 24.7. The van der Waals surface area contributed by atoms with E-state index < -0.39 is 5.41 Å². The summed E-state index contributed by atoms with van der Waals surface area (Å²) in [6.07, 6.45) is 1.97. The number of hydrogen-bond donors (Lipinski definition) is 2. The highest BCUT2D eigenvalue weighted by molar-refractivity contribution is 6.13.